The van der Waals surface area contributed by atoms with Crippen LogP contribution in [-0.4, -0.2) is 23.9 Å². The standard InChI is InChI=1S/C26H36O3/c1-22(2)26(29-21-24-14-7-4-8-15-24)18-11-17-25(16-9-10-19-27)28-20-23-12-5-3-6-13-23/h3-8,11-15,17,22,25-27H,9-10,16,18-21H2,1-2H3/b17-11-/t25-,26+/m1/s1. The molecule has 3 nitrogen and oxygen atoms in total. The number of rotatable bonds is 14. The fraction of sp³-hybridized carbons (Fsp3) is 0.462. The summed E-state index contributed by atoms with van der Waals surface area (Å²) in [5.41, 5.74) is 2.38. The highest BCUT2D eigenvalue weighted by Crippen LogP contribution is 2.16. The summed E-state index contributed by atoms with van der Waals surface area (Å²) in [5.74, 6) is 0.446. The largest absolute Gasteiger partial charge is 0.396 e. The van der Waals surface area contributed by atoms with E-state index in [1.54, 1.807) is 0 Å². The Hall–Kier alpha value is -1.94. The molecule has 0 saturated carbocycles. The second-order valence-corrected chi connectivity index (χ2v) is 7.80. The molecular weight excluding hydrogens is 360 g/mol. The first-order valence-electron chi connectivity index (χ1n) is 10.8. The summed E-state index contributed by atoms with van der Waals surface area (Å²) >= 11 is 0. The molecule has 0 radical (unpaired) electrons. The fourth-order valence-corrected chi connectivity index (χ4v) is 3.14. The molecule has 0 bridgehead atoms. The van der Waals surface area contributed by atoms with Crippen LogP contribution in [-0.2, 0) is 22.7 Å². The monoisotopic (exact) mass is 396 g/mol. The first-order valence-corrected chi connectivity index (χ1v) is 10.8. The highest BCUT2D eigenvalue weighted by Gasteiger charge is 2.13. The number of ether oxygens (including phenoxy) is 2. The molecule has 0 aliphatic rings. The Labute approximate surface area is 176 Å². The molecule has 0 spiro atoms. The maximum atomic E-state index is 9.07. The lowest BCUT2D eigenvalue weighted by atomic mass is 10.0. The van der Waals surface area contributed by atoms with Gasteiger partial charge in [-0.1, -0.05) is 86.7 Å². The highest BCUT2D eigenvalue weighted by atomic mass is 16.5. The van der Waals surface area contributed by atoms with Crippen LogP contribution in [0.4, 0.5) is 0 Å². The third kappa shape index (κ3) is 9.89. The van der Waals surface area contributed by atoms with E-state index in [4.69, 9.17) is 14.6 Å². The van der Waals surface area contributed by atoms with E-state index >= 15 is 0 Å². The van der Waals surface area contributed by atoms with Gasteiger partial charge in [0.2, 0.25) is 0 Å². The summed E-state index contributed by atoms with van der Waals surface area (Å²) in [6, 6.07) is 20.6. The summed E-state index contributed by atoms with van der Waals surface area (Å²) in [4.78, 5) is 0. The zero-order valence-electron chi connectivity index (χ0n) is 17.9. The van der Waals surface area contributed by atoms with Crippen molar-refractivity contribution in [3.63, 3.8) is 0 Å². The molecule has 0 amide bonds. The second-order valence-electron chi connectivity index (χ2n) is 7.80. The van der Waals surface area contributed by atoms with Gasteiger partial charge in [0.1, 0.15) is 0 Å². The van der Waals surface area contributed by atoms with Gasteiger partial charge >= 0.3 is 0 Å². The van der Waals surface area contributed by atoms with Crippen LogP contribution in [0.2, 0.25) is 0 Å². The molecule has 1 N–H and O–H groups in total. The molecule has 0 unspecified atom stereocenters. The average molecular weight is 397 g/mol. The minimum absolute atomic E-state index is 0.0590. The summed E-state index contributed by atoms with van der Waals surface area (Å²) in [7, 11) is 0. The number of hydrogen-bond donors (Lipinski definition) is 1. The lowest BCUT2D eigenvalue weighted by molar-refractivity contribution is 0.0123. The molecule has 0 aliphatic heterocycles. The van der Waals surface area contributed by atoms with Crippen molar-refractivity contribution in [1.82, 2.24) is 0 Å². The lowest BCUT2D eigenvalue weighted by Crippen LogP contribution is -2.19. The molecule has 2 aromatic rings. The molecule has 2 aromatic carbocycles. The van der Waals surface area contributed by atoms with Gasteiger partial charge in [0.25, 0.3) is 0 Å². The van der Waals surface area contributed by atoms with E-state index in [0.717, 1.165) is 25.7 Å². The number of hydrogen-bond acceptors (Lipinski definition) is 3. The van der Waals surface area contributed by atoms with Crippen molar-refractivity contribution in [3.05, 3.63) is 83.9 Å². The zero-order valence-corrected chi connectivity index (χ0v) is 17.9. The summed E-state index contributed by atoms with van der Waals surface area (Å²) in [6.07, 6.45) is 8.16. The topological polar surface area (TPSA) is 38.7 Å². The maximum Gasteiger partial charge on any atom is 0.0760 e. The number of unbranched alkanes of at least 4 members (excludes halogenated alkanes) is 1. The molecule has 0 aliphatic carbocycles. The smallest absolute Gasteiger partial charge is 0.0760 e. The third-order valence-corrected chi connectivity index (χ3v) is 4.97. The molecule has 2 atom stereocenters. The van der Waals surface area contributed by atoms with E-state index in [1.807, 2.05) is 36.4 Å². The van der Waals surface area contributed by atoms with Crippen molar-refractivity contribution in [1.29, 1.82) is 0 Å². The van der Waals surface area contributed by atoms with E-state index in [2.05, 4.69) is 50.3 Å². The van der Waals surface area contributed by atoms with Crippen LogP contribution >= 0.6 is 0 Å². The van der Waals surface area contributed by atoms with Gasteiger partial charge in [-0.25, -0.2) is 0 Å². The second kappa shape index (κ2) is 14.1. The summed E-state index contributed by atoms with van der Waals surface area (Å²) < 4.78 is 12.3. The Morgan fingerprint density at radius 2 is 1.41 bits per heavy atom. The summed E-state index contributed by atoms with van der Waals surface area (Å²) in [6.45, 7) is 5.88. The third-order valence-electron chi connectivity index (χ3n) is 4.97. The van der Waals surface area contributed by atoms with Crippen molar-refractivity contribution >= 4 is 0 Å². The van der Waals surface area contributed by atoms with Crippen LogP contribution in [0.3, 0.4) is 0 Å². The van der Waals surface area contributed by atoms with Crippen LogP contribution < -0.4 is 0 Å². The zero-order chi connectivity index (χ0) is 20.7. The predicted octanol–water partition coefficient (Wildman–Crippen LogP) is 5.92. The van der Waals surface area contributed by atoms with Crippen LogP contribution in [0.5, 0.6) is 0 Å². The van der Waals surface area contributed by atoms with Crippen molar-refractivity contribution in [2.24, 2.45) is 5.92 Å². The number of aliphatic hydroxyl groups is 1. The minimum Gasteiger partial charge on any atom is -0.396 e. The van der Waals surface area contributed by atoms with E-state index in [-0.39, 0.29) is 18.8 Å². The first-order chi connectivity index (χ1) is 14.2. The van der Waals surface area contributed by atoms with Gasteiger partial charge in [-0.3, -0.25) is 0 Å². The van der Waals surface area contributed by atoms with Crippen LogP contribution in [0, 0.1) is 5.92 Å². The van der Waals surface area contributed by atoms with Crippen molar-refractivity contribution < 1.29 is 14.6 Å². The fourth-order valence-electron chi connectivity index (χ4n) is 3.14. The van der Waals surface area contributed by atoms with Gasteiger partial charge < -0.3 is 14.6 Å². The predicted molar refractivity (Wildman–Crippen MR) is 120 cm³/mol. The van der Waals surface area contributed by atoms with E-state index < -0.39 is 0 Å². The Morgan fingerprint density at radius 1 is 0.828 bits per heavy atom. The van der Waals surface area contributed by atoms with Crippen LogP contribution in [0.25, 0.3) is 0 Å². The normalized spacial score (nSPS) is 13.8. The van der Waals surface area contributed by atoms with Crippen molar-refractivity contribution in [2.75, 3.05) is 6.61 Å². The summed E-state index contributed by atoms with van der Waals surface area (Å²) in [5, 5.41) is 9.07. The van der Waals surface area contributed by atoms with E-state index in [0.29, 0.717) is 19.1 Å². The first kappa shape index (κ1) is 23.3. The Morgan fingerprint density at radius 3 is 1.97 bits per heavy atom. The van der Waals surface area contributed by atoms with Crippen molar-refractivity contribution in [3.8, 4) is 0 Å². The maximum absolute atomic E-state index is 9.07. The SMILES string of the molecule is CC(C)[C@H](C/C=C\[C@@H](CCCCO)OCc1ccccc1)OCc1ccccc1. The average Bonchev–Trinajstić information content (AvgIpc) is 2.75. The van der Waals surface area contributed by atoms with Gasteiger partial charge in [0, 0.05) is 6.61 Å². The van der Waals surface area contributed by atoms with E-state index in [9.17, 15) is 0 Å². The Kier molecular flexibility index (Phi) is 11.4. The molecule has 0 saturated heterocycles. The van der Waals surface area contributed by atoms with Gasteiger partial charge in [0.05, 0.1) is 25.4 Å². The molecule has 0 heterocycles. The van der Waals surface area contributed by atoms with Gasteiger partial charge in [-0.15, -0.1) is 0 Å². The number of aliphatic hydroxyl groups excluding tert-OH is 1. The van der Waals surface area contributed by atoms with Gasteiger partial charge in [-0.05, 0) is 42.7 Å². The lowest BCUT2D eigenvalue weighted by Gasteiger charge is -2.21. The Balaban J connectivity index is 1.86. The molecule has 0 aromatic heterocycles. The minimum atomic E-state index is 0.0590. The highest BCUT2D eigenvalue weighted by molar-refractivity contribution is 5.14. The molecule has 2 rings (SSSR count). The van der Waals surface area contributed by atoms with Crippen LogP contribution in [0.15, 0.2) is 72.8 Å². The molecule has 158 valence electrons. The molecule has 0 fully saturated rings. The van der Waals surface area contributed by atoms with Gasteiger partial charge in [-0.2, -0.15) is 0 Å². The molecule has 3 heteroatoms. The quantitative estimate of drug-likeness (QED) is 0.318. The van der Waals surface area contributed by atoms with Crippen molar-refractivity contribution in [2.45, 2.75) is 65.0 Å². The number of benzene rings is 2. The van der Waals surface area contributed by atoms with Gasteiger partial charge in [0.15, 0.2) is 0 Å². The van der Waals surface area contributed by atoms with Crippen LogP contribution in [0.1, 0.15) is 50.7 Å². The molecule has 29 heavy (non-hydrogen) atoms. The molecular formula is C26H36O3. The Bertz CT molecular complexity index is 667. The van der Waals surface area contributed by atoms with E-state index in [1.165, 1.54) is 11.1 Å².